The molecule has 1 heterocycles. The lowest BCUT2D eigenvalue weighted by Gasteiger charge is -1.98. The van der Waals surface area contributed by atoms with E-state index in [0.29, 0.717) is 0 Å². The van der Waals surface area contributed by atoms with Crippen molar-refractivity contribution in [2.75, 3.05) is 0 Å². The number of rotatable bonds is 2. The first-order valence-electron chi connectivity index (χ1n) is 5.99. The number of nitrogens with one attached hydrogen (secondary N) is 1. The van der Waals surface area contributed by atoms with Crippen LogP contribution in [-0.2, 0) is 0 Å². The Morgan fingerprint density at radius 2 is 1.78 bits per heavy atom. The van der Waals surface area contributed by atoms with E-state index in [1.54, 1.807) is 0 Å². The summed E-state index contributed by atoms with van der Waals surface area (Å²) in [5.41, 5.74) is 4.41. The third-order valence-corrected chi connectivity index (χ3v) is 3.01. The maximum absolute atomic E-state index is 4.37. The molecule has 3 nitrogen and oxygen atoms in total. The average Bonchev–Trinajstić information content (AvgIpc) is 2.82. The third kappa shape index (κ3) is 2.07. The van der Waals surface area contributed by atoms with Gasteiger partial charge >= 0.3 is 0 Å². The number of hydrogen-bond donors (Lipinski definition) is 1. The molecule has 0 saturated heterocycles. The summed E-state index contributed by atoms with van der Waals surface area (Å²) in [4.78, 5) is 3.22. The molecule has 2 aromatic rings. The summed E-state index contributed by atoms with van der Waals surface area (Å²) in [6.07, 6.45) is 1.96. The Kier molecular flexibility index (Phi) is 2.73. The lowest BCUT2D eigenvalue weighted by molar-refractivity contribution is -0.344. The molecule has 1 aliphatic rings. The van der Waals surface area contributed by atoms with Gasteiger partial charge in [0.05, 0.1) is 11.3 Å². The number of hydrogen-bond acceptors (Lipinski definition) is 2. The van der Waals surface area contributed by atoms with Crippen LogP contribution in [0.2, 0.25) is 0 Å². The molecule has 1 aliphatic heterocycles. The molecule has 0 fully saturated rings. The second-order valence-electron chi connectivity index (χ2n) is 4.39. The fourth-order valence-electron chi connectivity index (χ4n) is 1.98. The largest absolute Gasteiger partial charge is 0.213 e. The van der Waals surface area contributed by atoms with Crippen LogP contribution in [-0.4, -0.2) is 6.21 Å². The van der Waals surface area contributed by atoms with E-state index in [0.717, 1.165) is 11.4 Å². The first kappa shape index (κ1) is 10.8. The zero-order valence-electron chi connectivity index (χ0n) is 10.2. The van der Waals surface area contributed by atoms with E-state index in [1.807, 2.05) is 48.7 Å². The van der Waals surface area contributed by atoms with Crippen molar-refractivity contribution in [1.82, 2.24) is 0 Å². The van der Waals surface area contributed by atoms with Crippen molar-refractivity contribution < 1.29 is 4.99 Å². The van der Waals surface area contributed by atoms with Crippen molar-refractivity contribution in [3.8, 4) is 0 Å². The van der Waals surface area contributed by atoms with Crippen LogP contribution in [0.4, 0.5) is 11.4 Å². The molecule has 0 saturated carbocycles. The second-order valence-corrected chi connectivity index (χ2v) is 4.39. The molecule has 0 radical (unpaired) electrons. The van der Waals surface area contributed by atoms with Crippen LogP contribution in [0, 0.1) is 6.92 Å². The lowest BCUT2D eigenvalue weighted by atomic mass is 10.1. The van der Waals surface area contributed by atoms with Crippen molar-refractivity contribution in [1.29, 1.82) is 0 Å². The lowest BCUT2D eigenvalue weighted by Crippen LogP contribution is -2.59. The number of para-hydroxylation sites is 1. The van der Waals surface area contributed by atoms with Gasteiger partial charge in [0, 0.05) is 6.07 Å². The number of fused-ring (bicyclic) bond motifs is 1. The molecule has 1 atom stereocenters. The van der Waals surface area contributed by atoms with Crippen LogP contribution < -0.4 is 4.99 Å². The molecule has 1 N–H and O–H groups in total. The van der Waals surface area contributed by atoms with Gasteiger partial charge < -0.3 is 0 Å². The van der Waals surface area contributed by atoms with Crippen LogP contribution in [0.5, 0.6) is 0 Å². The highest BCUT2D eigenvalue weighted by Crippen LogP contribution is 2.25. The van der Waals surface area contributed by atoms with E-state index in [9.17, 15) is 0 Å². The minimum absolute atomic E-state index is 0.00232. The van der Waals surface area contributed by atoms with Crippen LogP contribution in [0.1, 0.15) is 17.2 Å². The fraction of sp³-hybridized carbons (Fsp3) is 0.133. The van der Waals surface area contributed by atoms with Gasteiger partial charge in [-0.25, -0.2) is 4.99 Å². The molecule has 0 spiro atoms. The zero-order chi connectivity index (χ0) is 12.4. The maximum Gasteiger partial charge on any atom is 0.209 e. The smallest absolute Gasteiger partial charge is 0.209 e. The van der Waals surface area contributed by atoms with Gasteiger partial charge in [-0.15, -0.1) is 0 Å². The minimum Gasteiger partial charge on any atom is -0.213 e. The van der Waals surface area contributed by atoms with Crippen molar-refractivity contribution in [3.05, 3.63) is 59.7 Å². The van der Waals surface area contributed by atoms with Gasteiger partial charge in [-0.1, -0.05) is 29.8 Å². The molecule has 88 valence electrons. The molecule has 0 aliphatic carbocycles. The monoisotopic (exact) mass is 236 g/mol. The molecule has 0 aromatic heterocycles. The molecular formula is C15H14N3+. The van der Waals surface area contributed by atoms with Gasteiger partial charge in [0.2, 0.25) is 5.69 Å². The maximum atomic E-state index is 4.37. The molecule has 0 bridgehead atoms. The SMILES string of the molecule is Cc1ccc(N=NC2C=[NH+]c3ccccc32)cc1. The van der Waals surface area contributed by atoms with Gasteiger partial charge in [0.15, 0.2) is 12.3 Å². The van der Waals surface area contributed by atoms with E-state index in [2.05, 4.69) is 28.2 Å². The fourth-order valence-corrected chi connectivity index (χ4v) is 1.98. The first-order chi connectivity index (χ1) is 8.83. The Balaban J connectivity index is 1.82. The standard InChI is InChI=1S/C15H13N3/c1-11-6-8-12(9-7-11)17-18-15-10-16-14-5-3-2-4-13(14)15/h2-10,15H,1H3/p+1. The molecule has 2 aromatic carbocycles. The highest BCUT2D eigenvalue weighted by atomic mass is 15.1. The topological polar surface area (TPSA) is 38.7 Å². The van der Waals surface area contributed by atoms with Crippen molar-refractivity contribution in [2.45, 2.75) is 13.0 Å². The summed E-state index contributed by atoms with van der Waals surface area (Å²) in [7, 11) is 0. The summed E-state index contributed by atoms with van der Waals surface area (Å²) in [6.45, 7) is 2.06. The molecule has 0 amide bonds. The predicted molar refractivity (Wildman–Crippen MR) is 71.6 cm³/mol. The highest BCUT2D eigenvalue weighted by molar-refractivity contribution is 5.70. The van der Waals surface area contributed by atoms with E-state index >= 15 is 0 Å². The van der Waals surface area contributed by atoms with Gasteiger partial charge in [-0.2, -0.15) is 10.2 Å². The van der Waals surface area contributed by atoms with Crippen LogP contribution in [0.15, 0.2) is 58.8 Å². The number of azo groups is 1. The van der Waals surface area contributed by atoms with Crippen molar-refractivity contribution in [2.24, 2.45) is 10.2 Å². The van der Waals surface area contributed by atoms with E-state index in [-0.39, 0.29) is 6.04 Å². The van der Waals surface area contributed by atoms with Crippen LogP contribution >= 0.6 is 0 Å². The Hall–Kier alpha value is -2.29. The molecule has 3 heteroatoms. The molecule has 18 heavy (non-hydrogen) atoms. The quantitative estimate of drug-likeness (QED) is 0.779. The minimum atomic E-state index is 0.00232. The van der Waals surface area contributed by atoms with Crippen LogP contribution in [0.25, 0.3) is 0 Å². The molecular weight excluding hydrogens is 222 g/mol. The van der Waals surface area contributed by atoms with Gasteiger partial charge in [0.1, 0.15) is 0 Å². The summed E-state index contributed by atoms with van der Waals surface area (Å²) in [5.74, 6) is 0. The average molecular weight is 236 g/mol. The van der Waals surface area contributed by atoms with Gasteiger partial charge in [-0.05, 0) is 25.1 Å². The highest BCUT2D eigenvalue weighted by Gasteiger charge is 2.23. The van der Waals surface area contributed by atoms with E-state index in [1.165, 1.54) is 11.1 Å². The summed E-state index contributed by atoms with van der Waals surface area (Å²) < 4.78 is 0. The Morgan fingerprint density at radius 3 is 2.61 bits per heavy atom. The zero-order valence-corrected chi connectivity index (χ0v) is 10.2. The Morgan fingerprint density at radius 1 is 1.00 bits per heavy atom. The Bertz CT molecular complexity index is 612. The summed E-state index contributed by atoms with van der Waals surface area (Å²) in [5, 5.41) is 8.65. The normalized spacial score (nSPS) is 17.3. The third-order valence-electron chi connectivity index (χ3n) is 3.01. The first-order valence-corrected chi connectivity index (χ1v) is 5.99. The van der Waals surface area contributed by atoms with Gasteiger partial charge in [-0.3, -0.25) is 0 Å². The predicted octanol–water partition coefficient (Wildman–Crippen LogP) is 2.62. The summed E-state index contributed by atoms with van der Waals surface area (Å²) in [6, 6.07) is 16.2. The number of aryl methyl sites for hydroxylation is 1. The number of benzene rings is 2. The van der Waals surface area contributed by atoms with Crippen molar-refractivity contribution in [3.63, 3.8) is 0 Å². The van der Waals surface area contributed by atoms with E-state index in [4.69, 9.17) is 0 Å². The summed E-state index contributed by atoms with van der Waals surface area (Å²) >= 11 is 0. The number of nitrogens with zero attached hydrogens (tertiary/aromatic N) is 2. The Labute approximate surface area is 106 Å². The van der Waals surface area contributed by atoms with Crippen LogP contribution in [0.3, 0.4) is 0 Å². The second kappa shape index (κ2) is 4.53. The molecule has 1 unspecified atom stereocenters. The molecule has 3 rings (SSSR count). The van der Waals surface area contributed by atoms with Gasteiger partial charge in [0.25, 0.3) is 0 Å². The van der Waals surface area contributed by atoms with Crippen molar-refractivity contribution >= 4 is 17.6 Å². The van der Waals surface area contributed by atoms with E-state index < -0.39 is 0 Å².